The Kier molecular flexibility index (Phi) is 4.59. The number of carbonyl (C=O) groups is 1. The van der Waals surface area contributed by atoms with Crippen LogP contribution in [0.15, 0.2) is 60.3 Å². The third-order valence-corrected chi connectivity index (χ3v) is 4.61. The monoisotopic (exact) mass is 364 g/mol. The quantitative estimate of drug-likeness (QED) is 0.760. The minimum atomic E-state index is -0.121. The Morgan fingerprint density at radius 3 is 3.00 bits per heavy atom. The molecule has 0 radical (unpaired) electrons. The predicted molar refractivity (Wildman–Crippen MR) is 103 cm³/mol. The third-order valence-electron chi connectivity index (χ3n) is 4.37. The molecule has 3 aromatic rings. The van der Waals surface area contributed by atoms with Crippen molar-refractivity contribution >= 4 is 34.5 Å². The van der Waals surface area contributed by atoms with E-state index in [0.29, 0.717) is 17.1 Å². The minimum Gasteiger partial charge on any atom is -0.488 e. The van der Waals surface area contributed by atoms with Crippen LogP contribution >= 0.6 is 11.6 Å². The fourth-order valence-corrected chi connectivity index (χ4v) is 3.25. The molecule has 2 aromatic carbocycles. The van der Waals surface area contributed by atoms with Crippen molar-refractivity contribution in [3.8, 4) is 5.75 Å². The van der Waals surface area contributed by atoms with Gasteiger partial charge >= 0.3 is 0 Å². The summed E-state index contributed by atoms with van der Waals surface area (Å²) in [7, 11) is 0. The number of para-hydroxylation sites is 1. The van der Waals surface area contributed by atoms with Gasteiger partial charge in [0.25, 0.3) is 5.91 Å². The van der Waals surface area contributed by atoms with Gasteiger partial charge in [-0.1, -0.05) is 35.9 Å². The standard InChI is InChI=1S/C21H17ClN2O2/c22-18-6-7-19-16(12-18)11-17(13-26-19)21(25)24-10-8-15-4-1-3-14-5-2-9-23-20(14)15/h1-7,9,11-12H,8,10,13H2,(H,24,25). The maximum absolute atomic E-state index is 12.4. The number of rotatable bonds is 4. The number of halogens is 1. The highest BCUT2D eigenvalue weighted by Gasteiger charge is 2.17. The first-order chi connectivity index (χ1) is 12.7. The van der Waals surface area contributed by atoms with Crippen molar-refractivity contribution in [1.29, 1.82) is 0 Å². The zero-order valence-corrected chi connectivity index (χ0v) is 14.8. The first-order valence-corrected chi connectivity index (χ1v) is 8.82. The van der Waals surface area contributed by atoms with Crippen LogP contribution in [0, 0.1) is 0 Å². The molecular weight excluding hydrogens is 348 g/mol. The first kappa shape index (κ1) is 16.6. The molecule has 0 bridgehead atoms. The van der Waals surface area contributed by atoms with Crippen molar-refractivity contribution in [3.05, 3.63) is 76.5 Å². The lowest BCUT2D eigenvalue weighted by molar-refractivity contribution is -0.117. The molecule has 4 rings (SSSR count). The van der Waals surface area contributed by atoms with Crippen molar-refractivity contribution < 1.29 is 9.53 Å². The van der Waals surface area contributed by atoms with Gasteiger partial charge < -0.3 is 10.1 Å². The van der Waals surface area contributed by atoms with E-state index >= 15 is 0 Å². The highest BCUT2D eigenvalue weighted by atomic mass is 35.5. The van der Waals surface area contributed by atoms with Gasteiger partial charge in [0.1, 0.15) is 12.4 Å². The van der Waals surface area contributed by atoms with Crippen LogP contribution in [-0.4, -0.2) is 24.0 Å². The van der Waals surface area contributed by atoms with Gasteiger partial charge in [0, 0.05) is 28.7 Å². The van der Waals surface area contributed by atoms with Gasteiger partial charge in [-0.05, 0) is 42.3 Å². The number of hydrogen-bond acceptors (Lipinski definition) is 3. The normalized spacial score (nSPS) is 12.9. The van der Waals surface area contributed by atoms with E-state index in [2.05, 4.69) is 10.3 Å². The van der Waals surface area contributed by atoms with E-state index in [4.69, 9.17) is 16.3 Å². The molecule has 2 heterocycles. The maximum atomic E-state index is 12.4. The van der Waals surface area contributed by atoms with E-state index in [-0.39, 0.29) is 12.5 Å². The van der Waals surface area contributed by atoms with Crippen LogP contribution in [0.3, 0.4) is 0 Å². The van der Waals surface area contributed by atoms with Gasteiger partial charge in [0.05, 0.1) is 11.1 Å². The number of amides is 1. The molecule has 1 amide bonds. The van der Waals surface area contributed by atoms with Crippen LogP contribution in [0.5, 0.6) is 5.75 Å². The molecule has 5 heteroatoms. The topological polar surface area (TPSA) is 51.2 Å². The summed E-state index contributed by atoms with van der Waals surface area (Å²) in [4.78, 5) is 16.9. The predicted octanol–water partition coefficient (Wildman–Crippen LogP) is 4.02. The number of hydrogen-bond donors (Lipinski definition) is 1. The molecule has 0 unspecified atom stereocenters. The fraction of sp³-hybridized carbons (Fsp3) is 0.143. The molecular formula is C21H17ClN2O2. The van der Waals surface area contributed by atoms with E-state index in [1.165, 1.54) is 0 Å². The lowest BCUT2D eigenvalue weighted by Gasteiger charge is -2.18. The molecule has 130 valence electrons. The van der Waals surface area contributed by atoms with E-state index < -0.39 is 0 Å². The van der Waals surface area contributed by atoms with Crippen LogP contribution in [-0.2, 0) is 11.2 Å². The molecule has 0 saturated heterocycles. The Balaban J connectivity index is 1.43. The summed E-state index contributed by atoms with van der Waals surface area (Å²) in [6.45, 7) is 0.796. The number of benzene rings is 2. The molecule has 4 nitrogen and oxygen atoms in total. The van der Waals surface area contributed by atoms with Crippen LogP contribution in [0.4, 0.5) is 0 Å². The molecule has 26 heavy (non-hydrogen) atoms. The SMILES string of the molecule is O=C(NCCc1cccc2cccnc12)C1=Cc2cc(Cl)ccc2OC1. The number of pyridine rings is 1. The Bertz CT molecular complexity index is 1010. The van der Waals surface area contributed by atoms with Gasteiger partial charge in [0.2, 0.25) is 0 Å². The van der Waals surface area contributed by atoms with Crippen molar-refractivity contribution in [1.82, 2.24) is 10.3 Å². The second-order valence-electron chi connectivity index (χ2n) is 6.14. The zero-order chi connectivity index (χ0) is 17.9. The first-order valence-electron chi connectivity index (χ1n) is 8.44. The van der Waals surface area contributed by atoms with Gasteiger partial charge in [-0.25, -0.2) is 0 Å². The molecule has 0 spiro atoms. The summed E-state index contributed by atoms with van der Waals surface area (Å²) in [6.07, 6.45) is 4.34. The summed E-state index contributed by atoms with van der Waals surface area (Å²) in [5, 5.41) is 4.69. The molecule has 0 atom stereocenters. The maximum Gasteiger partial charge on any atom is 0.250 e. The zero-order valence-electron chi connectivity index (χ0n) is 14.0. The van der Waals surface area contributed by atoms with E-state index in [1.807, 2.05) is 42.5 Å². The number of nitrogens with one attached hydrogen (secondary N) is 1. The average molecular weight is 365 g/mol. The van der Waals surface area contributed by atoms with Crippen LogP contribution in [0.25, 0.3) is 17.0 Å². The molecule has 1 aromatic heterocycles. The third kappa shape index (κ3) is 3.41. The Morgan fingerprint density at radius 1 is 1.19 bits per heavy atom. The van der Waals surface area contributed by atoms with Crippen LogP contribution in [0.1, 0.15) is 11.1 Å². The molecule has 0 fully saturated rings. The summed E-state index contributed by atoms with van der Waals surface area (Å²) >= 11 is 6.01. The summed E-state index contributed by atoms with van der Waals surface area (Å²) in [5.41, 5.74) is 3.52. The van der Waals surface area contributed by atoms with Gasteiger partial charge in [-0.15, -0.1) is 0 Å². The van der Waals surface area contributed by atoms with Gasteiger partial charge in [-0.2, -0.15) is 0 Å². The molecule has 1 aliphatic heterocycles. The lowest BCUT2D eigenvalue weighted by atomic mass is 10.1. The molecule has 0 saturated carbocycles. The number of fused-ring (bicyclic) bond motifs is 2. The smallest absolute Gasteiger partial charge is 0.250 e. The second kappa shape index (κ2) is 7.18. The van der Waals surface area contributed by atoms with Crippen molar-refractivity contribution in [2.75, 3.05) is 13.2 Å². The van der Waals surface area contributed by atoms with Crippen molar-refractivity contribution in [3.63, 3.8) is 0 Å². The number of aromatic nitrogens is 1. The Labute approximate surface area is 156 Å². The van der Waals surface area contributed by atoms with Gasteiger partial charge in [0.15, 0.2) is 0 Å². The summed E-state index contributed by atoms with van der Waals surface area (Å²) < 4.78 is 5.64. The lowest BCUT2D eigenvalue weighted by Crippen LogP contribution is -2.30. The second-order valence-corrected chi connectivity index (χ2v) is 6.57. The van der Waals surface area contributed by atoms with Crippen molar-refractivity contribution in [2.45, 2.75) is 6.42 Å². The molecule has 1 aliphatic rings. The van der Waals surface area contributed by atoms with E-state index in [0.717, 1.165) is 34.2 Å². The fourth-order valence-electron chi connectivity index (χ4n) is 3.07. The molecule has 0 aliphatic carbocycles. The van der Waals surface area contributed by atoms with E-state index in [1.54, 1.807) is 18.3 Å². The molecule has 1 N–H and O–H groups in total. The van der Waals surface area contributed by atoms with E-state index in [9.17, 15) is 4.79 Å². The van der Waals surface area contributed by atoms with Crippen molar-refractivity contribution in [2.24, 2.45) is 0 Å². The average Bonchev–Trinajstić information content (AvgIpc) is 2.67. The van der Waals surface area contributed by atoms with Crippen LogP contribution < -0.4 is 10.1 Å². The number of ether oxygens (including phenoxy) is 1. The highest BCUT2D eigenvalue weighted by molar-refractivity contribution is 6.30. The number of nitrogens with zero attached hydrogens (tertiary/aromatic N) is 1. The van der Waals surface area contributed by atoms with Crippen LogP contribution in [0.2, 0.25) is 5.02 Å². The van der Waals surface area contributed by atoms with Gasteiger partial charge in [-0.3, -0.25) is 9.78 Å². The number of carbonyl (C=O) groups excluding carboxylic acids is 1. The highest BCUT2D eigenvalue weighted by Crippen LogP contribution is 2.29. The largest absolute Gasteiger partial charge is 0.488 e. The Morgan fingerprint density at radius 2 is 2.08 bits per heavy atom. The minimum absolute atomic E-state index is 0.121. The summed E-state index contributed by atoms with van der Waals surface area (Å²) in [5.74, 6) is 0.622. The summed E-state index contributed by atoms with van der Waals surface area (Å²) in [6, 6.07) is 15.4. The Hall–Kier alpha value is -2.85.